The van der Waals surface area contributed by atoms with Crippen LogP contribution in [-0.2, 0) is 4.74 Å². The zero-order valence-electron chi connectivity index (χ0n) is 10.6. The first-order chi connectivity index (χ1) is 8.67. The Bertz CT molecular complexity index is 399. The molecule has 1 rings (SSSR count). The fraction of sp³-hybridized carbons (Fsp3) is 0.500. The lowest BCUT2D eigenvalue weighted by molar-refractivity contribution is -0.385. The Labute approximate surface area is 111 Å². The number of hydrogen-bond donors (Lipinski definition) is 1. The second kappa shape index (κ2) is 7.94. The van der Waals surface area contributed by atoms with E-state index in [2.05, 4.69) is 5.32 Å². The maximum atomic E-state index is 10.8. The molecule has 0 radical (unpaired) electrons. The minimum atomic E-state index is -0.361. The number of nitrogens with zero attached hydrogens (tertiary/aromatic N) is 1. The zero-order chi connectivity index (χ0) is 13.4. The molecular formula is C12H18N2O3S. The molecule has 0 aliphatic heterocycles. The molecule has 6 heteroatoms. The number of nitro benzene ring substituents is 1. The van der Waals surface area contributed by atoms with E-state index in [0.29, 0.717) is 6.61 Å². The molecule has 0 aliphatic carbocycles. The van der Waals surface area contributed by atoms with Gasteiger partial charge >= 0.3 is 0 Å². The average molecular weight is 270 g/mol. The number of nitro groups is 1. The largest absolute Gasteiger partial charge is 0.385 e. The molecule has 0 aromatic heterocycles. The van der Waals surface area contributed by atoms with Crippen LogP contribution in [0.2, 0.25) is 0 Å². The summed E-state index contributed by atoms with van der Waals surface area (Å²) in [5.74, 6) is 0.889. The molecule has 0 atom stereocenters. The van der Waals surface area contributed by atoms with Gasteiger partial charge in [-0.1, -0.05) is 0 Å². The van der Waals surface area contributed by atoms with Gasteiger partial charge in [0.25, 0.3) is 5.69 Å². The van der Waals surface area contributed by atoms with E-state index < -0.39 is 0 Å². The molecule has 1 aromatic rings. The van der Waals surface area contributed by atoms with Gasteiger partial charge in [-0.15, -0.1) is 11.8 Å². The number of rotatable bonds is 8. The van der Waals surface area contributed by atoms with Gasteiger partial charge in [0.15, 0.2) is 0 Å². The van der Waals surface area contributed by atoms with Crippen molar-refractivity contribution in [3.8, 4) is 0 Å². The molecule has 1 aromatic carbocycles. The van der Waals surface area contributed by atoms with E-state index in [4.69, 9.17) is 4.74 Å². The summed E-state index contributed by atoms with van der Waals surface area (Å²) in [5.41, 5.74) is 0.920. The van der Waals surface area contributed by atoms with Crippen LogP contribution in [0.15, 0.2) is 23.1 Å². The highest BCUT2D eigenvalue weighted by molar-refractivity contribution is 7.99. The van der Waals surface area contributed by atoms with Gasteiger partial charge in [-0.25, -0.2) is 0 Å². The van der Waals surface area contributed by atoms with E-state index in [1.165, 1.54) is 0 Å². The van der Waals surface area contributed by atoms with Gasteiger partial charge in [0, 0.05) is 48.7 Å². The number of thioether (sulfide) groups is 1. The number of anilines is 1. The number of hydrogen-bond acceptors (Lipinski definition) is 5. The fourth-order valence-electron chi connectivity index (χ4n) is 1.47. The zero-order valence-corrected chi connectivity index (χ0v) is 11.5. The van der Waals surface area contributed by atoms with E-state index in [-0.39, 0.29) is 10.6 Å². The lowest BCUT2D eigenvalue weighted by Crippen LogP contribution is -1.98. The summed E-state index contributed by atoms with van der Waals surface area (Å²) in [6.45, 7) is 3.42. The standard InChI is InChI=1S/C12H18N2O3S/c1-3-13-10-7-11(14(15)16)9-12(8-10)18-6-4-5-17-2/h7-9,13H,3-6H2,1-2H3. The SMILES string of the molecule is CCNc1cc(SCCCOC)cc([N+](=O)[O-])c1. The summed E-state index contributed by atoms with van der Waals surface area (Å²) in [6, 6.07) is 5.11. The first kappa shape index (κ1) is 14.8. The number of methoxy groups -OCH3 is 1. The first-order valence-corrected chi connectivity index (χ1v) is 6.81. The van der Waals surface area contributed by atoms with Crippen molar-refractivity contribution in [3.63, 3.8) is 0 Å². The van der Waals surface area contributed by atoms with Crippen molar-refractivity contribution in [1.82, 2.24) is 0 Å². The van der Waals surface area contributed by atoms with Gasteiger partial charge in [-0.05, 0) is 19.4 Å². The maximum Gasteiger partial charge on any atom is 0.272 e. The van der Waals surface area contributed by atoms with Crippen LogP contribution in [0, 0.1) is 10.1 Å². The van der Waals surface area contributed by atoms with Gasteiger partial charge < -0.3 is 10.1 Å². The van der Waals surface area contributed by atoms with Gasteiger partial charge in [0.2, 0.25) is 0 Å². The predicted molar refractivity (Wildman–Crippen MR) is 74.5 cm³/mol. The van der Waals surface area contributed by atoms with Gasteiger partial charge in [-0.3, -0.25) is 10.1 Å². The average Bonchev–Trinajstić information content (AvgIpc) is 2.35. The second-order valence-electron chi connectivity index (χ2n) is 3.70. The molecule has 0 saturated heterocycles. The van der Waals surface area contributed by atoms with Crippen molar-refractivity contribution in [1.29, 1.82) is 0 Å². The maximum absolute atomic E-state index is 10.8. The third-order valence-corrected chi connectivity index (χ3v) is 3.31. The number of benzene rings is 1. The molecule has 5 nitrogen and oxygen atoms in total. The monoisotopic (exact) mass is 270 g/mol. The van der Waals surface area contributed by atoms with Crippen LogP contribution in [-0.4, -0.2) is 30.9 Å². The molecule has 0 unspecified atom stereocenters. The molecule has 0 aliphatic rings. The van der Waals surface area contributed by atoms with Crippen LogP contribution in [0.3, 0.4) is 0 Å². The minimum Gasteiger partial charge on any atom is -0.385 e. The van der Waals surface area contributed by atoms with Crippen molar-refractivity contribution < 1.29 is 9.66 Å². The predicted octanol–water partition coefficient (Wildman–Crippen LogP) is 3.16. The smallest absolute Gasteiger partial charge is 0.272 e. The van der Waals surface area contributed by atoms with Gasteiger partial charge in [0.1, 0.15) is 0 Å². The van der Waals surface area contributed by atoms with Crippen molar-refractivity contribution in [3.05, 3.63) is 28.3 Å². The van der Waals surface area contributed by atoms with Gasteiger partial charge in [0.05, 0.1) is 4.92 Å². The van der Waals surface area contributed by atoms with Crippen LogP contribution in [0.1, 0.15) is 13.3 Å². The highest BCUT2D eigenvalue weighted by atomic mass is 32.2. The summed E-state index contributed by atoms with van der Waals surface area (Å²) in [7, 11) is 1.67. The van der Waals surface area contributed by atoms with Crippen molar-refractivity contribution >= 4 is 23.1 Å². The van der Waals surface area contributed by atoms with Crippen molar-refractivity contribution in [2.45, 2.75) is 18.2 Å². The number of nitrogens with one attached hydrogen (secondary N) is 1. The molecule has 0 bridgehead atoms. The molecule has 0 saturated carbocycles. The Kier molecular flexibility index (Phi) is 6.53. The lowest BCUT2D eigenvalue weighted by atomic mass is 10.3. The van der Waals surface area contributed by atoms with Crippen LogP contribution in [0.25, 0.3) is 0 Å². The Morgan fingerprint density at radius 1 is 1.44 bits per heavy atom. The molecule has 100 valence electrons. The molecule has 0 spiro atoms. The summed E-state index contributed by atoms with van der Waals surface area (Å²) in [4.78, 5) is 11.4. The molecule has 0 amide bonds. The van der Waals surface area contributed by atoms with Gasteiger partial charge in [-0.2, -0.15) is 0 Å². The second-order valence-corrected chi connectivity index (χ2v) is 4.87. The highest BCUT2D eigenvalue weighted by Crippen LogP contribution is 2.28. The Morgan fingerprint density at radius 3 is 2.83 bits per heavy atom. The molecule has 1 N–H and O–H groups in total. The Balaban J connectivity index is 2.72. The third kappa shape index (κ3) is 4.93. The highest BCUT2D eigenvalue weighted by Gasteiger charge is 2.09. The van der Waals surface area contributed by atoms with Crippen LogP contribution in [0.4, 0.5) is 11.4 Å². The summed E-state index contributed by atoms with van der Waals surface area (Å²) < 4.78 is 4.97. The topological polar surface area (TPSA) is 64.4 Å². The van der Waals surface area contributed by atoms with E-state index in [9.17, 15) is 10.1 Å². The van der Waals surface area contributed by atoms with E-state index in [1.54, 1.807) is 31.0 Å². The van der Waals surface area contributed by atoms with E-state index in [0.717, 1.165) is 29.3 Å². The van der Waals surface area contributed by atoms with Crippen molar-refractivity contribution in [2.75, 3.05) is 31.3 Å². The Morgan fingerprint density at radius 2 is 2.22 bits per heavy atom. The van der Waals surface area contributed by atoms with E-state index in [1.807, 2.05) is 13.0 Å². The molecule has 18 heavy (non-hydrogen) atoms. The Hall–Kier alpha value is -1.27. The number of non-ortho nitro benzene ring substituents is 1. The quantitative estimate of drug-likeness (QED) is 0.340. The van der Waals surface area contributed by atoms with Crippen LogP contribution in [0.5, 0.6) is 0 Å². The minimum absolute atomic E-state index is 0.127. The molecule has 0 fully saturated rings. The van der Waals surface area contributed by atoms with Crippen molar-refractivity contribution in [2.24, 2.45) is 0 Å². The van der Waals surface area contributed by atoms with E-state index >= 15 is 0 Å². The summed E-state index contributed by atoms with van der Waals surface area (Å²) >= 11 is 1.61. The number of ether oxygens (including phenoxy) is 1. The fourth-order valence-corrected chi connectivity index (χ4v) is 2.38. The summed E-state index contributed by atoms with van der Waals surface area (Å²) in [6.07, 6.45) is 0.931. The van der Waals surface area contributed by atoms with Crippen LogP contribution < -0.4 is 5.32 Å². The normalized spacial score (nSPS) is 10.3. The molecule has 0 heterocycles. The summed E-state index contributed by atoms with van der Waals surface area (Å²) in [5, 5.41) is 13.9. The first-order valence-electron chi connectivity index (χ1n) is 5.82. The third-order valence-electron chi connectivity index (χ3n) is 2.24. The van der Waals surface area contributed by atoms with Crippen LogP contribution >= 0.6 is 11.8 Å². The molecular weight excluding hydrogens is 252 g/mol. The lowest BCUT2D eigenvalue weighted by Gasteiger charge is -2.07.